The number of rotatable bonds is 2. The van der Waals surface area contributed by atoms with Crippen molar-refractivity contribution >= 4 is 22.9 Å². The predicted octanol–water partition coefficient (Wildman–Crippen LogP) is 4.37. The quantitative estimate of drug-likeness (QED) is 0.857. The highest BCUT2D eigenvalue weighted by Gasteiger charge is 2.15. The van der Waals surface area contributed by atoms with Crippen molar-refractivity contribution in [3.8, 4) is 0 Å². The smallest absolute Gasteiger partial charge is 0.0651 e. The molecule has 0 aliphatic rings. The van der Waals surface area contributed by atoms with Crippen LogP contribution in [-0.2, 0) is 0 Å². The summed E-state index contributed by atoms with van der Waals surface area (Å²) >= 11 is 7.82. The number of halogens is 1. The van der Waals surface area contributed by atoms with E-state index in [-0.39, 0.29) is 6.04 Å². The maximum absolute atomic E-state index is 6.35. The van der Waals surface area contributed by atoms with Gasteiger partial charge in [-0.3, -0.25) is 0 Å². The van der Waals surface area contributed by atoms with Crippen LogP contribution in [0.15, 0.2) is 23.6 Å². The summed E-state index contributed by atoms with van der Waals surface area (Å²) in [5.41, 5.74) is 11.0. The number of hydrogen-bond acceptors (Lipinski definition) is 2. The first-order valence-electron chi connectivity index (χ1n) is 5.57. The molecule has 1 aromatic heterocycles. The third-order valence-corrected chi connectivity index (χ3v) is 4.58. The maximum atomic E-state index is 6.35. The molecule has 0 aliphatic carbocycles. The largest absolute Gasteiger partial charge is 0.320 e. The third-order valence-electron chi connectivity index (χ3n) is 3.07. The van der Waals surface area contributed by atoms with Crippen LogP contribution in [0, 0.1) is 20.8 Å². The molecule has 0 saturated heterocycles. The van der Waals surface area contributed by atoms with E-state index in [0.717, 1.165) is 21.7 Å². The van der Waals surface area contributed by atoms with Gasteiger partial charge in [-0.05, 0) is 60.5 Å². The van der Waals surface area contributed by atoms with Crippen molar-refractivity contribution in [3.63, 3.8) is 0 Å². The number of hydrogen-bond donors (Lipinski definition) is 1. The zero-order valence-corrected chi connectivity index (χ0v) is 11.8. The number of nitrogens with two attached hydrogens (primary N) is 1. The van der Waals surface area contributed by atoms with Crippen LogP contribution in [0.3, 0.4) is 0 Å². The molecule has 1 atom stereocenters. The highest BCUT2D eigenvalue weighted by atomic mass is 35.5. The molecule has 0 fully saturated rings. The summed E-state index contributed by atoms with van der Waals surface area (Å²) in [4.78, 5) is 1.23. The van der Waals surface area contributed by atoms with E-state index in [1.807, 2.05) is 13.0 Å². The fourth-order valence-corrected chi connectivity index (χ4v) is 3.15. The second-order valence-electron chi connectivity index (χ2n) is 4.40. The van der Waals surface area contributed by atoms with Crippen LogP contribution in [0.1, 0.15) is 33.2 Å². The molecule has 0 spiro atoms. The van der Waals surface area contributed by atoms with E-state index < -0.39 is 0 Å². The van der Waals surface area contributed by atoms with E-state index in [2.05, 4.69) is 31.4 Å². The van der Waals surface area contributed by atoms with Gasteiger partial charge in [0.05, 0.1) is 6.04 Å². The Bertz CT molecular complexity index is 545. The summed E-state index contributed by atoms with van der Waals surface area (Å²) < 4.78 is 0. The molecule has 17 heavy (non-hydrogen) atoms. The number of aryl methyl sites for hydroxylation is 3. The molecule has 1 nitrogen and oxygen atoms in total. The van der Waals surface area contributed by atoms with Gasteiger partial charge in [-0.25, -0.2) is 0 Å². The van der Waals surface area contributed by atoms with Crippen LogP contribution in [0.5, 0.6) is 0 Å². The van der Waals surface area contributed by atoms with E-state index in [4.69, 9.17) is 17.3 Å². The topological polar surface area (TPSA) is 26.0 Å². The molecule has 1 unspecified atom stereocenters. The fraction of sp³-hybridized carbons (Fsp3) is 0.286. The summed E-state index contributed by atoms with van der Waals surface area (Å²) in [6, 6.07) is 6.15. The molecule has 1 heterocycles. The molecule has 0 bridgehead atoms. The van der Waals surface area contributed by atoms with Gasteiger partial charge in [-0.1, -0.05) is 17.7 Å². The van der Waals surface area contributed by atoms with Crippen LogP contribution in [-0.4, -0.2) is 0 Å². The minimum atomic E-state index is -0.0500. The zero-order valence-electron chi connectivity index (χ0n) is 10.3. The Hall–Kier alpha value is -0.830. The zero-order chi connectivity index (χ0) is 12.6. The Kier molecular flexibility index (Phi) is 3.57. The molecule has 2 rings (SSSR count). The average molecular weight is 266 g/mol. The average Bonchev–Trinajstić information content (AvgIpc) is 2.69. The van der Waals surface area contributed by atoms with Crippen molar-refractivity contribution in [2.45, 2.75) is 26.8 Å². The van der Waals surface area contributed by atoms with Gasteiger partial charge >= 0.3 is 0 Å². The first-order valence-corrected chi connectivity index (χ1v) is 6.82. The lowest BCUT2D eigenvalue weighted by Gasteiger charge is -2.16. The Labute approximate surface area is 111 Å². The molecule has 2 aromatic rings. The third kappa shape index (κ3) is 2.39. The minimum Gasteiger partial charge on any atom is -0.320 e. The lowest BCUT2D eigenvalue weighted by Crippen LogP contribution is -2.13. The lowest BCUT2D eigenvalue weighted by molar-refractivity contribution is 0.873. The predicted molar refractivity (Wildman–Crippen MR) is 76.0 cm³/mol. The highest BCUT2D eigenvalue weighted by Crippen LogP contribution is 2.31. The summed E-state index contributed by atoms with van der Waals surface area (Å²) in [6.45, 7) is 6.17. The van der Waals surface area contributed by atoms with Crippen molar-refractivity contribution in [1.29, 1.82) is 0 Å². The van der Waals surface area contributed by atoms with Gasteiger partial charge in [-0.2, -0.15) is 0 Å². The highest BCUT2D eigenvalue weighted by molar-refractivity contribution is 7.10. The molecule has 3 heteroatoms. The Morgan fingerprint density at radius 3 is 2.41 bits per heavy atom. The summed E-state index contributed by atoms with van der Waals surface area (Å²) in [5.74, 6) is 0. The normalized spacial score (nSPS) is 12.8. The molecule has 90 valence electrons. The maximum Gasteiger partial charge on any atom is 0.0651 e. The van der Waals surface area contributed by atoms with E-state index in [1.165, 1.54) is 10.4 Å². The lowest BCUT2D eigenvalue weighted by atomic mass is 9.97. The molecule has 0 radical (unpaired) electrons. The molecule has 0 saturated carbocycles. The van der Waals surface area contributed by atoms with Crippen LogP contribution in [0.25, 0.3) is 0 Å². The van der Waals surface area contributed by atoms with E-state index >= 15 is 0 Å². The van der Waals surface area contributed by atoms with Crippen molar-refractivity contribution in [1.82, 2.24) is 0 Å². The van der Waals surface area contributed by atoms with Gasteiger partial charge in [-0.15, -0.1) is 11.3 Å². The SMILES string of the molecule is Cc1cc(C(N)c2sccc2C)c(C)cc1Cl. The molecule has 2 N–H and O–H groups in total. The first kappa shape index (κ1) is 12.6. The van der Waals surface area contributed by atoms with Gasteiger partial charge < -0.3 is 5.73 Å². The van der Waals surface area contributed by atoms with Crippen LogP contribution in [0.2, 0.25) is 5.02 Å². The summed E-state index contributed by atoms with van der Waals surface area (Å²) in [5, 5.41) is 2.89. The van der Waals surface area contributed by atoms with Crippen molar-refractivity contribution in [3.05, 3.63) is 55.7 Å². The minimum absolute atomic E-state index is 0.0500. The second kappa shape index (κ2) is 4.81. The standard InChI is InChI=1S/C14H16ClNS/c1-8-4-5-17-14(8)13(16)11-6-10(3)12(15)7-9(11)2/h4-7,13H,16H2,1-3H3. The Morgan fingerprint density at radius 1 is 1.12 bits per heavy atom. The molecule has 1 aromatic carbocycles. The van der Waals surface area contributed by atoms with Crippen molar-refractivity contribution in [2.24, 2.45) is 5.73 Å². The Morgan fingerprint density at radius 2 is 1.82 bits per heavy atom. The van der Waals surface area contributed by atoms with E-state index in [1.54, 1.807) is 11.3 Å². The number of thiophene rings is 1. The van der Waals surface area contributed by atoms with Gasteiger partial charge in [0, 0.05) is 9.90 Å². The first-order chi connectivity index (χ1) is 8.00. The van der Waals surface area contributed by atoms with Gasteiger partial charge in [0.25, 0.3) is 0 Å². The van der Waals surface area contributed by atoms with Crippen LogP contribution < -0.4 is 5.73 Å². The monoisotopic (exact) mass is 265 g/mol. The second-order valence-corrected chi connectivity index (χ2v) is 5.76. The summed E-state index contributed by atoms with van der Waals surface area (Å²) in [7, 11) is 0. The molecular weight excluding hydrogens is 250 g/mol. The van der Waals surface area contributed by atoms with Crippen molar-refractivity contribution in [2.75, 3.05) is 0 Å². The van der Waals surface area contributed by atoms with Gasteiger partial charge in [0.1, 0.15) is 0 Å². The van der Waals surface area contributed by atoms with Gasteiger partial charge in [0.15, 0.2) is 0 Å². The van der Waals surface area contributed by atoms with E-state index in [9.17, 15) is 0 Å². The Balaban J connectivity index is 2.48. The van der Waals surface area contributed by atoms with Crippen molar-refractivity contribution < 1.29 is 0 Å². The molecular formula is C14H16ClNS. The van der Waals surface area contributed by atoms with Gasteiger partial charge in [0.2, 0.25) is 0 Å². The summed E-state index contributed by atoms with van der Waals surface area (Å²) in [6.07, 6.45) is 0. The van der Waals surface area contributed by atoms with Crippen LogP contribution >= 0.6 is 22.9 Å². The molecule has 0 amide bonds. The fourth-order valence-electron chi connectivity index (χ4n) is 1.98. The van der Waals surface area contributed by atoms with Crippen LogP contribution in [0.4, 0.5) is 0 Å². The van der Waals surface area contributed by atoms with E-state index in [0.29, 0.717) is 0 Å². The number of benzene rings is 1. The molecule has 0 aliphatic heterocycles.